The number of allylic oxidation sites excluding steroid dienone is 1. The molecule has 0 amide bonds. The minimum atomic E-state index is -3.13. The molecular formula is C29H30F2N4O3. The van der Waals surface area contributed by atoms with Crippen molar-refractivity contribution in [1.29, 1.82) is 10.8 Å². The van der Waals surface area contributed by atoms with Gasteiger partial charge in [-0.2, -0.15) is 13.9 Å². The molecule has 0 unspecified atom stereocenters. The van der Waals surface area contributed by atoms with Crippen LogP contribution in [0.2, 0.25) is 0 Å². The molecule has 0 aliphatic carbocycles. The van der Waals surface area contributed by atoms with Crippen molar-refractivity contribution in [3.05, 3.63) is 89.3 Å². The summed E-state index contributed by atoms with van der Waals surface area (Å²) in [4.78, 5) is 13.5. The maximum Gasteiger partial charge on any atom is 0.312 e. The molecule has 38 heavy (non-hydrogen) atoms. The predicted octanol–water partition coefficient (Wildman–Crippen LogP) is 6.03. The topological polar surface area (TPSA) is 101 Å². The normalized spacial score (nSPS) is 13.9. The van der Waals surface area contributed by atoms with E-state index in [0.717, 1.165) is 48.3 Å². The number of hydrogen-bond donors (Lipinski definition) is 2. The largest absolute Gasteiger partial charge is 0.419 e. The summed E-state index contributed by atoms with van der Waals surface area (Å²) in [5, 5.41) is 19.7. The SMILES string of the molecule is C=C(Cc1ccccc1-c1cnn(C2CCOCC2)c1)C(=O)c1cc(C(=N)OC(=N)C(F)F)ccc1CC. The van der Waals surface area contributed by atoms with Crippen LogP contribution in [0.25, 0.3) is 11.1 Å². The number of carbonyl (C=O) groups is 1. The number of aryl methyl sites for hydroxylation is 1. The third-order valence-electron chi connectivity index (χ3n) is 6.63. The molecule has 0 spiro atoms. The van der Waals surface area contributed by atoms with Crippen LogP contribution in [0.4, 0.5) is 8.78 Å². The van der Waals surface area contributed by atoms with Gasteiger partial charge in [-0.1, -0.05) is 43.8 Å². The van der Waals surface area contributed by atoms with E-state index < -0.39 is 18.2 Å². The first kappa shape index (κ1) is 27.1. The van der Waals surface area contributed by atoms with Crippen molar-refractivity contribution in [2.24, 2.45) is 0 Å². The van der Waals surface area contributed by atoms with Crippen molar-refractivity contribution in [3.63, 3.8) is 0 Å². The highest BCUT2D eigenvalue weighted by molar-refractivity contribution is 6.11. The van der Waals surface area contributed by atoms with Gasteiger partial charge < -0.3 is 9.47 Å². The van der Waals surface area contributed by atoms with Gasteiger partial charge >= 0.3 is 6.43 Å². The number of nitrogens with one attached hydrogen (secondary N) is 2. The minimum absolute atomic E-state index is 0.129. The summed E-state index contributed by atoms with van der Waals surface area (Å²) >= 11 is 0. The third-order valence-corrected chi connectivity index (χ3v) is 6.63. The number of hydrogen-bond acceptors (Lipinski definition) is 6. The molecule has 1 aromatic heterocycles. The molecule has 0 radical (unpaired) electrons. The molecule has 1 aliphatic rings. The van der Waals surface area contributed by atoms with Crippen molar-refractivity contribution in [2.75, 3.05) is 13.2 Å². The summed E-state index contributed by atoms with van der Waals surface area (Å²) in [5.41, 5.74) is 4.39. The Bertz CT molecular complexity index is 1360. The molecule has 198 valence electrons. The molecule has 0 saturated carbocycles. The lowest BCUT2D eigenvalue weighted by molar-refractivity contribution is 0.0662. The minimum Gasteiger partial charge on any atom is -0.419 e. The zero-order valence-electron chi connectivity index (χ0n) is 21.2. The van der Waals surface area contributed by atoms with Crippen LogP contribution in [0.3, 0.4) is 0 Å². The van der Waals surface area contributed by atoms with Gasteiger partial charge in [-0.25, -0.2) is 0 Å². The van der Waals surface area contributed by atoms with Crippen molar-refractivity contribution < 1.29 is 23.0 Å². The molecule has 1 aliphatic heterocycles. The van der Waals surface area contributed by atoms with E-state index in [4.69, 9.17) is 15.6 Å². The maximum absolute atomic E-state index is 13.5. The average molecular weight is 521 g/mol. The predicted molar refractivity (Wildman–Crippen MR) is 141 cm³/mol. The van der Waals surface area contributed by atoms with Gasteiger partial charge in [0.25, 0.3) is 5.90 Å². The summed E-state index contributed by atoms with van der Waals surface area (Å²) < 4.78 is 37.4. The molecule has 0 atom stereocenters. The molecule has 2 heterocycles. The lowest BCUT2D eigenvalue weighted by Gasteiger charge is -2.22. The van der Waals surface area contributed by atoms with Gasteiger partial charge in [0.1, 0.15) is 0 Å². The maximum atomic E-state index is 13.5. The first-order valence-corrected chi connectivity index (χ1v) is 12.5. The fourth-order valence-electron chi connectivity index (χ4n) is 4.53. The number of benzene rings is 2. The van der Waals surface area contributed by atoms with Gasteiger partial charge in [-0.3, -0.25) is 20.3 Å². The Morgan fingerprint density at radius 2 is 1.92 bits per heavy atom. The highest BCUT2D eigenvalue weighted by Gasteiger charge is 2.21. The van der Waals surface area contributed by atoms with Crippen LogP contribution in [-0.4, -0.2) is 47.0 Å². The zero-order chi connectivity index (χ0) is 27.2. The number of aromatic nitrogens is 2. The molecule has 7 nitrogen and oxygen atoms in total. The fraction of sp³-hybridized carbons (Fsp3) is 0.310. The Labute approximate surface area is 220 Å². The number of rotatable bonds is 9. The highest BCUT2D eigenvalue weighted by atomic mass is 19.3. The monoisotopic (exact) mass is 520 g/mol. The van der Waals surface area contributed by atoms with E-state index in [1.165, 1.54) is 12.1 Å². The van der Waals surface area contributed by atoms with E-state index in [2.05, 4.69) is 16.4 Å². The van der Waals surface area contributed by atoms with Crippen molar-refractivity contribution in [2.45, 2.75) is 45.1 Å². The molecule has 1 saturated heterocycles. The second-order valence-corrected chi connectivity index (χ2v) is 9.14. The second kappa shape index (κ2) is 12.0. The van der Waals surface area contributed by atoms with E-state index in [9.17, 15) is 13.6 Å². The first-order valence-electron chi connectivity index (χ1n) is 12.5. The van der Waals surface area contributed by atoms with E-state index in [0.29, 0.717) is 30.0 Å². The van der Waals surface area contributed by atoms with Gasteiger partial charge in [-0.05, 0) is 53.7 Å². The van der Waals surface area contributed by atoms with Crippen LogP contribution in [0.15, 0.2) is 67.0 Å². The molecule has 3 aromatic rings. The third kappa shape index (κ3) is 6.11. The van der Waals surface area contributed by atoms with Gasteiger partial charge in [0.05, 0.1) is 12.2 Å². The highest BCUT2D eigenvalue weighted by Crippen LogP contribution is 2.29. The van der Waals surface area contributed by atoms with Gasteiger partial charge in [0.15, 0.2) is 5.78 Å². The van der Waals surface area contributed by atoms with Gasteiger partial charge in [-0.15, -0.1) is 0 Å². The molecule has 0 bridgehead atoms. The zero-order valence-corrected chi connectivity index (χ0v) is 21.2. The Kier molecular flexibility index (Phi) is 8.58. The first-order chi connectivity index (χ1) is 18.3. The number of carbonyl (C=O) groups excluding carboxylic acids is 1. The molecule has 2 N–H and O–H groups in total. The average Bonchev–Trinajstić information content (AvgIpc) is 3.43. The quantitative estimate of drug-likeness (QED) is 0.156. The van der Waals surface area contributed by atoms with Crippen molar-refractivity contribution in [1.82, 2.24) is 9.78 Å². The Balaban J connectivity index is 1.55. The van der Waals surface area contributed by atoms with E-state index in [1.807, 2.05) is 48.3 Å². The standard InChI is InChI=1S/C29H30F2N4O3/c1-3-19-8-9-21(28(32)38-29(33)27(30)31)15-25(19)26(36)18(2)14-20-6-4-5-7-24(20)22-16-34-35(17-22)23-10-12-37-13-11-23/h4-9,15-17,23,27,32-33H,2-3,10-14H2,1H3. The Hall–Kier alpha value is -3.98. The number of alkyl halides is 2. The lowest BCUT2D eigenvalue weighted by Crippen LogP contribution is -2.19. The molecule has 4 rings (SSSR count). The summed E-state index contributed by atoms with van der Waals surface area (Å²) in [6, 6.07) is 12.7. The van der Waals surface area contributed by atoms with Gasteiger partial charge in [0, 0.05) is 42.5 Å². The van der Waals surface area contributed by atoms with Crippen LogP contribution in [-0.2, 0) is 22.3 Å². The van der Waals surface area contributed by atoms with Crippen LogP contribution in [0, 0.1) is 10.8 Å². The number of nitrogens with zero attached hydrogens (tertiary/aromatic N) is 2. The Morgan fingerprint density at radius 3 is 2.63 bits per heavy atom. The van der Waals surface area contributed by atoms with Gasteiger partial charge in [0.2, 0.25) is 5.90 Å². The molecule has 2 aromatic carbocycles. The molecule has 9 heteroatoms. The van der Waals surface area contributed by atoms with E-state index >= 15 is 0 Å². The summed E-state index contributed by atoms with van der Waals surface area (Å²) in [5.74, 6) is -2.23. The number of ketones is 1. The van der Waals surface area contributed by atoms with Crippen LogP contribution in [0.5, 0.6) is 0 Å². The van der Waals surface area contributed by atoms with Crippen LogP contribution in [0.1, 0.15) is 52.9 Å². The number of ether oxygens (including phenoxy) is 2. The molecular weight excluding hydrogens is 490 g/mol. The molecule has 1 fully saturated rings. The Morgan fingerprint density at radius 1 is 1.18 bits per heavy atom. The summed E-state index contributed by atoms with van der Waals surface area (Å²) in [7, 11) is 0. The summed E-state index contributed by atoms with van der Waals surface area (Å²) in [6.45, 7) is 7.40. The second-order valence-electron chi connectivity index (χ2n) is 9.14. The van der Waals surface area contributed by atoms with Crippen molar-refractivity contribution >= 4 is 17.6 Å². The summed E-state index contributed by atoms with van der Waals surface area (Å²) in [6.07, 6.45) is 3.42. The fourth-order valence-corrected chi connectivity index (χ4v) is 4.53. The number of Topliss-reactive ketones (excluding diaryl/α,β-unsaturated/α-hetero) is 1. The number of halogens is 2. The van der Waals surface area contributed by atoms with Crippen LogP contribution < -0.4 is 0 Å². The lowest BCUT2D eigenvalue weighted by atomic mass is 9.90. The van der Waals surface area contributed by atoms with Crippen LogP contribution >= 0.6 is 0 Å². The van der Waals surface area contributed by atoms with E-state index in [-0.39, 0.29) is 11.3 Å². The van der Waals surface area contributed by atoms with Crippen molar-refractivity contribution in [3.8, 4) is 11.1 Å². The smallest absolute Gasteiger partial charge is 0.312 e. The van der Waals surface area contributed by atoms with E-state index in [1.54, 1.807) is 6.07 Å².